The third-order valence-electron chi connectivity index (χ3n) is 4.85. The number of anilines is 1. The summed E-state index contributed by atoms with van der Waals surface area (Å²) in [4.78, 5) is 12.7. The number of aromatic amines is 1. The summed E-state index contributed by atoms with van der Waals surface area (Å²) in [6.07, 6.45) is -2.48. The van der Waals surface area contributed by atoms with Gasteiger partial charge in [-0.05, 0) is 49.2 Å². The average molecular weight is 401 g/mol. The Morgan fingerprint density at radius 3 is 2.45 bits per heavy atom. The Balaban J connectivity index is 1.67. The first-order valence-corrected chi connectivity index (χ1v) is 9.08. The molecule has 1 saturated carbocycles. The number of benzene rings is 2. The molecule has 150 valence electrons. The maximum Gasteiger partial charge on any atom is 0.416 e. The zero-order valence-electron chi connectivity index (χ0n) is 15.5. The molecule has 0 radical (unpaired) electrons. The molecule has 1 amide bonds. The second-order valence-electron chi connectivity index (χ2n) is 6.86. The van der Waals surface area contributed by atoms with Crippen LogP contribution in [-0.4, -0.2) is 23.2 Å². The standard InChI is InChI=1S/C21H18F3N3O2/c1-29-16-5-3-2-4-15(16)18-19(17(26-27-18)12-6-7-12)25-20(28)13-8-10-14(11-9-13)21(22,23)24/h2-5,8-12H,6-7H2,1H3,(H,25,28)(H,26,27). The van der Waals surface area contributed by atoms with Crippen molar-refractivity contribution in [2.75, 3.05) is 12.4 Å². The van der Waals surface area contributed by atoms with E-state index in [1.165, 1.54) is 0 Å². The first kappa shape index (κ1) is 19.0. The molecule has 2 N–H and O–H groups in total. The van der Waals surface area contributed by atoms with Gasteiger partial charge in [0, 0.05) is 17.0 Å². The molecule has 3 aromatic rings. The molecule has 0 spiro atoms. The van der Waals surface area contributed by atoms with Crippen LogP contribution in [0.5, 0.6) is 5.75 Å². The SMILES string of the molecule is COc1ccccc1-c1n[nH]c(C2CC2)c1NC(=O)c1ccc(C(F)(F)F)cc1. The lowest BCUT2D eigenvalue weighted by Gasteiger charge is -2.11. The van der Waals surface area contributed by atoms with Crippen molar-refractivity contribution in [2.45, 2.75) is 24.9 Å². The Kier molecular flexibility index (Phi) is 4.77. The highest BCUT2D eigenvalue weighted by atomic mass is 19.4. The molecule has 1 heterocycles. The van der Waals surface area contributed by atoms with Crippen molar-refractivity contribution in [3.63, 3.8) is 0 Å². The van der Waals surface area contributed by atoms with Gasteiger partial charge in [-0.3, -0.25) is 9.89 Å². The predicted molar refractivity (Wildman–Crippen MR) is 102 cm³/mol. The summed E-state index contributed by atoms with van der Waals surface area (Å²) in [6.45, 7) is 0. The fraction of sp³-hybridized carbons (Fsp3) is 0.238. The number of H-pyrrole nitrogens is 1. The van der Waals surface area contributed by atoms with Gasteiger partial charge in [-0.15, -0.1) is 0 Å². The van der Waals surface area contributed by atoms with Crippen molar-refractivity contribution in [3.05, 3.63) is 65.4 Å². The van der Waals surface area contributed by atoms with Gasteiger partial charge in [-0.1, -0.05) is 12.1 Å². The number of methoxy groups -OCH3 is 1. The number of rotatable bonds is 5. The van der Waals surface area contributed by atoms with Crippen molar-refractivity contribution in [1.82, 2.24) is 10.2 Å². The smallest absolute Gasteiger partial charge is 0.416 e. The Morgan fingerprint density at radius 2 is 1.83 bits per heavy atom. The first-order chi connectivity index (χ1) is 13.9. The van der Waals surface area contributed by atoms with E-state index in [1.54, 1.807) is 13.2 Å². The molecule has 1 aromatic heterocycles. The maximum atomic E-state index is 12.8. The number of ether oxygens (including phenoxy) is 1. The van der Waals surface area contributed by atoms with Crippen molar-refractivity contribution >= 4 is 11.6 Å². The van der Waals surface area contributed by atoms with Crippen LogP contribution in [0, 0.1) is 0 Å². The van der Waals surface area contributed by atoms with Gasteiger partial charge in [0.25, 0.3) is 5.91 Å². The van der Waals surface area contributed by atoms with Gasteiger partial charge in [0.15, 0.2) is 0 Å². The number of nitrogens with zero attached hydrogens (tertiary/aromatic N) is 1. The summed E-state index contributed by atoms with van der Waals surface area (Å²) in [7, 11) is 1.55. The van der Waals surface area contributed by atoms with Crippen LogP contribution in [0.1, 0.15) is 40.4 Å². The molecule has 2 aromatic carbocycles. The number of hydrogen-bond donors (Lipinski definition) is 2. The lowest BCUT2D eigenvalue weighted by atomic mass is 10.1. The third-order valence-corrected chi connectivity index (χ3v) is 4.85. The number of aromatic nitrogens is 2. The van der Waals surface area contributed by atoms with Crippen LogP contribution >= 0.6 is 0 Å². The van der Waals surface area contributed by atoms with Gasteiger partial charge in [-0.25, -0.2) is 0 Å². The van der Waals surface area contributed by atoms with Gasteiger partial charge >= 0.3 is 6.18 Å². The Labute approximate surface area is 164 Å². The largest absolute Gasteiger partial charge is 0.496 e. The number of nitrogens with one attached hydrogen (secondary N) is 2. The number of para-hydroxylation sites is 1. The van der Waals surface area contributed by atoms with Crippen molar-refractivity contribution in [2.24, 2.45) is 0 Å². The summed E-state index contributed by atoms with van der Waals surface area (Å²) in [6, 6.07) is 11.4. The lowest BCUT2D eigenvalue weighted by Crippen LogP contribution is -2.14. The highest BCUT2D eigenvalue weighted by Crippen LogP contribution is 2.46. The molecule has 0 aliphatic heterocycles. The van der Waals surface area contributed by atoms with E-state index in [2.05, 4.69) is 15.5 Å². The maximum absolute atomic E-state index is 12.8. The molecule has 0 saturated heterocycles. The highest BCUT2D eigenvalue weighted by Gasteiger charge is 2.32. The number of hydrogen-bond acceptors (Lipinski definition) is 3. The summed E-state index contributed by atoms with van der Waals surface area (Å²) in [5, 5.41) is 10.2. The molecule has 29 heavy (non-hydrogen) atoms. The minimum atomic E-state index is -4.45. The van der Waals surface area contributed by atoms with Crippen LogP contribution in [0.3, 0.4) is 0 Å². The fourth-order valence-corrected chi connectivity index (χ4v) is 3.18. The van der Waals surface area contributed by atoms with E-state index in [4.69, 9.17) is 4.74 Å². The molecule has 8 heteroatoms. The normalized spacial score (nSPS) is 13.9. The van der Waals surface area contributed by atoms with Crippen LogP contribution in [0.4, 0.5) is 18.9 Å². The summed E-state index contributed by atoms with van der Waals surface area (Å²) in [5.41, 5.74) is 1.91. The topological polar surface area (TPSA) is 67.0 Å². The van der Waals surface area contributed by atoms with E-state index < -0.39 is 17.6 Å². The molecule has 1 aliphatic rings. The second kappa shape index (κ2) is 7.27. The molecule has 1 fully saturated rings. The zero-order chi connectivity index (χ0) is 20.6. The summed E-state index contributed by atoms with van der Waals surface area (Å²) in [5.74, 6) is 0.374. The quantitative estimate of drug-likeness (QED) is 0.615. The molecule has 4 rings (SSSR count). The van der Waals surface area contributed by atoms with Gasteiger partial charge in [0.05, 0.1) is 24.1 Å². The molecule has 0 atom stereocenters. The van der Waals surface area contributed by atoms with Crippen molar-refractivity contribution in [1.29, 1.82) is 0 Å². The van der Waals surface area contributed by atoms with Crippen LogP contribution < -0.4 is 10.1 Å². The number of carbonyl (C=O) groups is 1. The predicted octanol–water partition coefficient (Wildman–Crippen LogP) is 5.23. The average Bonchev–Trinajstić information content (AvgIpc) is 3.48. The molecular formula is C21H18F3N3O2. The molecule has 0 bridgehead atoms. The van der Waals surface area contributed by atoms with Gasteiger partial charge in [0.2, 0.25) is 0 Å². The molecular weight excluding hydrogens is 383 g/mol. The van der Waals surface area contributed by atoms with E-state index in [0.29, 0.717) is 22.7 Å². The lowest BCUT2D eigenvalue weighted by molar-refractivity contribution is -0.137. The Bertz CT molecular complexity index is 1040. The first-order valence-electron chi connectivity index (χ1n) is 9.08. The fourth-order valence-electron chi connectivity index (χ4n) is 3.18. The zero-order valence-corrected chi connectivity index (χ0v) is 15.5. The summed E-state index contributed by atoms with van der Waals surface area (Å²) < 4.78 is 43.7. The number of amides is 1. The summed E-state index contributed by atoms with van der Waals surface area (Å²) >= 11 is 0. The van der Waals surface area contributed by atoms with Crippen LogP contribution in [0.25, 0.3) is 11.3 Å². The van der Waals surface area contributed by atoms with Crippen molar-refractivity contribution < 1.29 is 22.7 Å². The van der Waals surface area contributed by atoms with Crippen LogP contribution in [0.15, 0.2) is 48.5 Å². The molecule has 0 unspecified atom stereocenters. The number of alkyl halides is 3. The van der Waals surface area contributed by atoms with E-state index >= 15 is 0 Å². The monoisotopic (exact) mass is 401 g/mol. The van der Waals surface area contributed by atoms with Gasteiger partial charge < -0.3 is 10.1 Å². The van der Waals surface area contributed by atoms with Crippen molar-refractivity contribution in [3.8, 4) is 17.0 Å². The van der Waals surface area contributed by atoms with E-state index in [0.717, 1.165) is 42.8 Å². The number of carbonyl (C=O) groups excluding carboxylic acids is 1. The highest BCUT2D eigenvalue weighted by molar-refractivity contribution is 6.06. The van der Waals surface area contributed by atoms with E-state index in [-0.39, 0.29) is 11.5 Å². The van der Waals surface area contributed by atoms with E-state index in [9.17, 15) is 18.0 Å². The van der Waals surface area contributed by atoms with Crippen LogP contribution in [-0.2, 0) is 6.18 Å². The minimum Gasteiger partial charge on any atom is -0.496 e. The third kappa shape index (κ3) is 3.83. The van der Waals surface area contributed by atoms with E-state index in [1.807, 2.05) is 18.2 Å². The number of halogens is 3. The Morgan fingerprint density at radius 1 is 1.14 bits per heavy atom. The van der Waals surface area contributed by atoms with Gasteiger partial charge in [0.1, 0.15) is 11.4 Å². The van der Waals surface area contributed by atoms with Crippen LogP contribution in [0.2, 0.25) is 0 Å². The van der Waals surface area contributed by atoms with Gasteiger partial charge in [-0.2, -0.15) is 18.3 Å². The Hall–Kier alpha value is -3.29. The second-order valence-corrected chi connectivity index (χ2v) is 6.86. The molecule has 5 nitrogen and oxygen atoms in total. The molecule has 1 aliphatic carbocycles. The minimum absolute atomic E-state index is 0.131.